The highest BCUT2D eigenvalue weighted by atomic mass is 16.3. The maximum atomic E-state index is 9.34. The van der Waals surface area contributed by atoms with Crippen LogP contribution >= 0.6 is 0 Å². The minimum absolute atomic E-state index is 0.0650. The SMILES string of the molecule is CCCCCCc1ccc(C[N+](CCO)(CCO)CCO)cc1. The molecule has 0 saturated heterocycles. The Balaban J connectivity index is 2.65. The first-order chi connectivity index (χ1) is 11.2. The lowest BCUT2D eigenvalue weighted by Gasteiger charge is -2.37. The van der Waals surface area contributed by atoms with Crippen LogP contribution in [0.3, 0.4) is 0 Å². The Morgan fingerprint density at radius 1 is 0.739 bits per heavy atom. The highest BCUT2D eigenvalue weighted by Gasteiger charge is 2.26. The monoisotopic (exact) mass is 324 g/mol. The average molecular weight is 324 g/mol. The molecular formula is C19H34NO3+. The maximum Gasteiger partial charge on any atom is 0.105 e. The van der Waals surface area contributed by atoms with Gasteiger partial charge >= 0.3 is 0 Å². The smallest absolute Gasteiger partial charge is 0.105 e. The van der Waals surface area contributed by atoms with Crippen LogP contribution in [0, 0.1) is 0 Å². The van der Waals surface area contributed by atoms with E-state index in [2.05, 4.69) is 31.2 Å². The van der Waals surface area contributed by atoms with Gasteiger partial charge in [-0.2, -0.15) is 0 Å². The molecule has 0 fully saturated rings. The van der Waals surface area contributed by atoms with E-state index in [-0.39, 0.29) is 19.8 Å². The molecule has 1 aromatic rings. The van der Waals surface area contributed by atoms with E-state index in [0.717, 1.165) is 13.0 Å². The van der Waals surface area contributed by atoms with Gasteiger partial charge in [-0.25, -0.2) is 0 Å². The molecule has 3 N–H and O–H groups in total. The Morgan fingerprint density at radius 2 is 1.26 bits per heavy atom. The molecule has 0 aromatic heterocycles. The van der Waals surface area contributed by atoms with Crippen molar-refractivity contribution in [2.24, 2.45) is 0 Å². The molecule has 0 bridgehead atoms. The summed E-state index contributed by atoms with van der Waals surface area (Å²) in [6, 6.07) is 8.67. The zero-order chi connectivity index (χ0) is 17.0. The van der Waals surface area contributed by atoms with Gasteiger partial charge < -0.3 is 19.8 Å². The van der Waals surface area contributed by atoms with Gasteiger partial charge in [-0.1, -0.05) is 50.5 Å². The summed E-state index contributed by atoms with van der Waals surface area (Å²) in [7, 11) is 0. The summed E-state index contributed by atoms with van der Waals surface area (Å²) < 4.78 is 0.527. The van der Waals surface area contributed by atoms with Gasteiger partial charge in [-0.05, 0) is 18.4 Å². The quantitative estimate of drug-likeness (QED) is 0.385. The summed E-state index contributed by atoms with van der Waals surface area (Å²) in [5, 5.41) is 28.0. The van der Waals surface area contributed by atoms with Crippen molar-refractivity contribution in [3.63, 3.8) is 0 Å². The second kappa shape index (κ2) is 11.6. The highest BCUT2D eigenvalue weighted by molar-refractivity contribution is 5.22. The van der Waals surface area contributed by atoms with Crippen molar-refractivity contribution in [2.75, 3.05) is 39.5 Å². The van der Waals surface area contributed by atoms with Crippen LogP contribution in [0.4, 0.5) is 0 Å². The van der Waals surface area contributed by atoms with Crippen LogP contribution in [-0.2, 0) is 13.0 Å². The molecule has 132 valence electrons. The van der Waals surface area contributed by atoms with E-state index in [4.69, 9.17) is 0 Å². The second-order valence-corrected chi connectivity index (χ2v) is 6.47. The molecule has 0 spiro atoms. The zero-order valence-corrected chi connectivity index (χ0v) is 14.6. The fraction of sp³-hybridized carbons (Fsp3) is 0.684. The molecular weight excluding hydrogens is 290 g/mol. The van der Waals surface area contributed by atoms with Crippen LogP contribution in [-0.4, -0.2) is 59.3 Å². The van der Waals surface area contributed by atoms with Gasteiger partial charge in [0.1, 0.15) is 26.2 Å². The van der Waals surface area contributed by atoms with Crippen molar-refractivity contribution in [3.8, 4) is 0 Å². The van der Waals surface area contributed by atoms with E-state index < -0.39 is 0 Å². The Kier molecular flexibility index (Phi) is 10.1. The molecule has 0 aliphatic carbocycles. The third-order valence-corrected chi connectivity index (χ3v) is 4.58. The number of unbranched alkanes of at least 4 members (excludes halogenated alkanes) is 3. The molecule has 0 heterocycles. The van der Waals surface area contributed by atoms with Crippen molar-refractivity contribution in [1.29, 1.82) is 0 Å². The first-order valence-corrected chi connectivity index (χ1v) is 8.95. The summed E-state index contributed by atoms with van der Waals surface area (Å²) in [6.45, 7) is 4.82. The van der Waals surface area contributed by atoms with E-state index in [1.165, 1.54) is 36.8 Å². The van der Waals surface area contributed by atoms with Gasteiger partial charge in [0, 0.05) is 5.56 Å². The number of aliphatic hydroxyl groups is 3. The van der Waals surface area contributed by atoms with E-state index in [1.807, 2.05) is 0 Å². The number of aryl methyl sites for hydroxylation is 1. The zero-order valence-electron chi connectivity index (χ0n) is 14.6. The molecule has 0 unspecified atom stereocenters. The third-order valence-electron chi connectivity index (χ3n) is 4.58. The summed E-state index contributed by atoms with van der Waals surface area (Å²) in [6.07, 6.45) is 6.24. The molecule has 0 radical (unpaired) electrons. The Bertz CT molecular complexity index is 389. The maximum absolute atomic E-state index is 9.34. The van der Waals surface area contributed by atoms with E-state index in [9.17, 15) is 15.3 Å². The van der Waals surface area contributed by atoms with E-state index >= 15 is 0 Å². The number of hydrogen-bond acceptors (Lipinski definition) is 3. The lowest BCUT2D eigenvalue weighted by atomic mass is 10.0. The van der Waals surface area contributed by atoms with Crippen LogP contribution in [0.5, 0.6) is 0 Å². The van der Waals surface area contributed by atoms with Gasteiger partial charge in [0.25, 0.3) is 0 Å². The van der Waals surface area contributed by atoms with Crippen molar-refractivity contribution >= 4 is 0 Å². The van der Waals surface area contributed by atoms with Crippen molar-refractivity contribution in [3.05, 3.63) is 35.4 Å². The molecule has 0 amide bonds. The normalized spacial score (nSPS) is 11.8. The van der Waals surface area contributed by atoms with Crippen molar-refractivity contribution < 1.29 is 19.8 Å². The van der Waals surface area contributed by atoms with Gasteiger partial charge in [-0.3, -0.25) is 0 Å². The molecule has 1 rings (SSSR count). The molecule has 4 nitrogen and oxygen atoms in total. The lowest BCUT2D eigenvalue weighted by Crippen LogP contribution is -2.52. The number of quaternary nitrogens is 1. The molecule has 4 heteroatoms. The third kappa shape index (κ3) is 7.44. The number of hydrogen-bond donors (Lipinski definition) is 3. The number of rotatable bonds is 13. The highest BCUT2D eigenvalue weighted by Crippen LogP contribution is 2.16. The summed E-state index contributed by atoms with van der Waals surface area (Å²) in [5.41, 5.74) is 2.56. The first kappa shape index (κ1) is 20.1. The molecule has 23 heavy (non-hydrogen) atoms. The topological polar surface area (TPSA) is 60.7 Å². The van der Waals surface area contributed by atoms with E-state index in [0.29, 0.717) is 24.1 Å². The molecule has 0 aliphatic heterocycles. The second-order valence-electron chi connectivity index (χ2n) is 6.47. The molecule has 1 aromatic carbocycles. The Labute approximate surface area is 141 Å². The van der Waals surface area contributed by atoms with Gasteiger partial charge in [0.05, 0.1) is 19.8 Å². The Morgan fingerprint density at radius 3 is 1.74 bits per heavy atom. The standard InChI is InChI=1S/C19H34NO3/c1-2-3-4-5-6-18-7-9-19(10-8-18)17-20(11-14-21,12-15-22)13-16-23/h7-10,21-23H,2-6,11-17H2,1H3/q+1. The fourth-order valence-electron chi connectivity index (χ4n) is 3.16. The van der Waals surface area contributed by atoms with Crippen LogP contribution in [0.25, 0.3) is 0 Å². The minimum Gasteiger partial charge on any atom is -0.391 e. The van der Waals surface area contributed by atoms with Gasteiger partial charge in [0.2, 0.25) is 0 Å². The summed E-state index contributed by atoms with van der Waals surface area (Å²) in [4.78, 5) is 0. The first-order valence-electron chi connectivity index (χ1n) is 8.95. The number of nitrogens with zero attached hydrogens (tertiary/aromatic N) is 1. The van der Waals surface area contributed by atoms with Gasteiger partial charge in [0.15, 0.2) is 0 Å². The predicted octanol–water partition coefficient (Wildman–Crippen LogP) is 2.10. The average Bonchev–Trinajstić information content (AvgIpc) is 2.54. The van der Waals surface area contributed by atoms with Crippen molar-refractivity contribution in [1.82, 2.24) is 0 Å². The van der Waals surface area contributed by atoms with Gasteiger partial charge in [-0.15, -0.1) is 0 Å². The molecule has 0 saturated carbocycles. The fourth-order valence-corrected chi connectivity index (χ4v) is 3.16. The van der Waals surface area contributed by atoms with Crippen LogP contribution in [0.2, 0.25) is 0 Å². The predicted molar refractivity (Wildman–Crippen MR) is 94.1 cm³/mol. The van der Waals surface area contributed by atoms with E-state index in [1.54, 1.807) is 0 Å². The summed E-state index contributed by atoms with van der Waals surface area (Å²) in [5.74, 6) is 0. The van der Waals surface area contributed by atoms with Crippen molar-refractivity contribution in [2.45, 2.75) is 45.6 Å². The van der Waals surface area contributed by atoms with Crippen LogP contribution in [0.15, 0.2) is 24.3 Å². The minimum atomic E-state index is 0.0650. The molecule has 0 aliphatic rings. The Hall–Kier alpha value is -0.940. The van der Waals surface area contributed by atoms with Crippen LogP contribution in [0.1, 0.15) is 43.7 Å². The number of aliphatic hydroxyl groups excluding tert-OH is 3. The summed E-state index contributed by atoms with van der Waals surface area (Å²) >= 11 is 0. The molecule has 0 atom stereocenters. The lowest BCUT2D eigenvalue weighted by molar-refractivity contribution is -0.941. The largest absolute Gasteiger partial charge is 0.391 e. The number of benzene rings is 1. The van der Waals surface area contributed by atoms with Crippen LogP contribution < -0.4 is 0 Å².